The van der Waals surface area contributed by atoms with Crippen molar-refractivity contribution in [3.8, 4) is 28.1 Å². The Morgan fingerprint density at radius 2 is 1.85 bits per heavy atom. The van der Waals surface area contributed by atoms with Crippen LogP contribution in [0.3, 0.4) is 0 Å². The van der Waals surface area contributed by atoms with Crippen LogP contribution in [0.4, 0.5) is 10.2 Å². The molecule has 248 valence electrons. The lowest BCUT2D eigenvalue weighted by Gasteiger charge is -2.41. The molecule has 0 aliphatic carbocycles. The second-order valence-electron chi connectivity index (χ2n) is 13.8. The number of aryl methyl sites for hydroxylation is 1. The molecule has 2 aromatic carbocycles. The zero-order valence-electron chi connectivity index (χ0n) is 28.1. The Balaban J connectivity index is 1.58. The highest BCUT2D eigenvalue weighted by Gasteiger charge is 2.38. The lowest BCUT2D eigenvalue weighted by Crippen LogP contribution is -2.45. The predicted octanol–water partition coefficient (Wildman–Crippen LogP) is 7.47. The first-order valence-corrected chi connectivity index (χ1v) is 16.2. The van der Waals surface area contributed by atoms with Crippen molar-refractivity contribution in [2.24, 2.45) is 0 Å². The summed E-state index contributed by atoms with van der Waals surface area (Å²) in [5.41, 5.74) is 3.93. The van der Waals surface area contributed by atoms with Gasteiger partial charge in [-0.15, -0.1) is 0 Å². The zero-order valence-corrected chi connectivity index (χ0v) is 28.1. The van der Waals surface area contributed by atoms with Crippen molar-refractivity contribution in [2.45, 2.75) is 84.7 Å². The highest BCUT2D eigenvalue weighted by Crippen LogP contribution is 2.40. The molecule has 9 nitrogen and oxygen atoms in total. The fourth-order valence-corrected chi connectivity index (χ4v) is 6.48. The van der Waals surface area contributed by atoms with E-state index in [1.165, 1.54) is 6.07 Å². The number of carboxylic acid groups (broad SMARTS) is 1. The second kappa shape index (κ2) is 12.4. The molecule has 3 aliphatic heterocycles. The maximum Gasteiger partial charge on any atom is 0.337 e. The number of aromatic nitrogens is 3. The molecular weight excluding hydrogens is 599 g/mol. The first-order chi connectivity index (χ1) is 22.2. The molecule has 7 rings (SSSR count). The molecule has 2 atom stereocenters. The maximum absolute atomic E-state index is 15.0. The van der Waals surface area contributed by atoms with E-state index in [1.807, 2.05) is 77.1 Å². The molecule has 6 bridgehead atoms. The quantitative estimate of drug-likeness (QED) is 0.230. The van der Waals surface area contributed by atoms with Gasteiger partial charge in [0.25, 0.3) is 0 Å². The minimum absolute atomic E-state index is 0.275. The van der Waals surface area contributed by atoms with Gasteiger partial charge in [-0.1, -0.05) is 24.3 Å². The smallest absolute Gasteiger partial charge is 0.337 e. The standard InChI is InChI=1S/C37H43FN4O5/c1-22-10-9-19-45-37(7)15-17-41(18-16-37)34-32(33(35(43)44)47-36(4,5)6)24(3)39-30-21-28(40-42(30)34)25-11-8-12-26(20-25)31-23(2)27(38)13-14-29(31)46-22/h8-14,20-22,33H,15-19H2,1-7H3,(H,43,44)/b10-9-/t22-,33-/m0/s1. The number of anilines is 1. The van der Waals surface area contributed by atoms with Crippen LogP contribution in [0.25, 0.3) is 28.0 Å². The monoisotopic (exact) mass is 642 g/mol. The van der Waals surface area contributed by atoms with Gasteiger partial charge >= 0.3 is 5.97 Å². The van der Waals surface area contributed by atoms with E-state index in [2.05, 4.69) is 11.8 Å². The van der Waals surface area contributed by atoms with Gasteiger partial charge in [0, 0.05) is 36.0 Å². The number of aliphatic carboxylic acids is 1. The van der Waals surface area contributed by atoms with Gasteiger partial charge in [0.2, 0.25) is 0 Å². The Hall–Kier alpha value is -4.28. The SMILES string of the molecule is Cc1nc2cc3nn2c(c1[C@H](OC(C)(C)C)C(=O)O)N1CCC(C)(CC1)OC/C=C\[C@H](C)Oc1ccc(F)c(C)c1-c1cccc-3c1. The van der Waals surface area contributed by atoms with Crippen molar-refractivity contribution in [2.75, 3.05) is 24.6 Å². The molecule has 5 heterocycles. The van der Waals surface area contributed by atoms with Crippen LogP contribution in [0, 0.1) is 19.7 Å². The summed E-state index contributed by atoms with van der Waals surface area (Å²) >= 11 is 0. The minimum Gasteiger partial charge on any atom is -0.486 e. The average Bonchev–Trinajstić information content (AvgIpc) is 3.43. The molecule has 0 saturated carbocycles. The summed E-state index contributed by atoms with van der Waals surface area (Å²) in [5, 5.41) is 15.5. The molecule has 47 heavy (non-hydrogen) atoms. The topological polar surface area (TPSA) is 98.4 Å². The van der Waals surface area contributed by atoms with Crippen LogP contribution in [-0.4, -0.2) is 62.7 Å². The Labute approximate surface area is 275 Å². The van der Waals surface area contributed by atoms with Crippen LogP contribution in [0.5, 0.6) is 5.75 Å². The molecule has 0 radical (unpaired) electrons. The number of hydrogen-bond acceptors (Lipinski definition) is 7. The second-order valence-corrected chi connectivity index (χ2v) is 13.8. The highest BCUT2D eigenvalue weighted by atomic mass is 19.1. The van der Waals surface area contributed by atoms with Crippen LogP contribution < -0.4 is 9.64 Å². The number of carbonyl (C=O) groups is 1. The molecule has 3 aliphatic rings. The van der Waals surface area contributed by atoms with E-state index >= 15 is 0 Å². The minimum atomic E-state index is -1.26. The summed E-state index contributed by atoms with van der Waals surface area (Å²) in [4.78, 5) is 19.8. The third kappa shape index (κ3) is 6.62. The van der Waals surface area contributed by atoms with Crippen LogP contribution in [-0.2, 0) is 14.3 Å². The Morgan fingerprint density at radius 1 is 1.13 bits per heavy atom. The lowest BCUT2D eigenvalue weighted by molar-refractivity contribution is -0.160. The van der Waals surface area contributed by atoms with Crippen LogP contribution >= 0.6 is 0 Å². The van der Waals surface area contributed by atoms with Crippen molar-refractivity contribution < 1.29 is 28.5 Å². The van der Waals surface area contributed by atoms with Crippen molar-refractivity contribution in [3.05, 3.63) is 77.3 Å². The van der Waals surface area contributed by atoms with Gasteiger partial charge in [0.1, 0.15) is 23.5 Å². The summed E-state index contributed by atoms with van der Waals surface area (Å²) in [6.07, 6.45) is 3.84. The van der Waals surface area contributed by atoms with Gasteiger partial charge in [0.15, 0.2) is 11.8 Å². The molecule has 0 unspecified atom stereocenters. The highest BCUT2D eigenvalue weighted by molar-refractivity contribution is 5.80. The van der Waals surface area contributed by atoms with Gasteiger partial charge in [-0.3, -0.25) is 0 Å². The van der Waals surface area contributed by atoms with Gasteiger partial charge in [-0.2, -0.15) is 9.61 Å². The van der Waals surface area contributed by atoms with E-state index in [4.69, 9.17) is 24.3 Å². The largest absolute Gasteiger partial charge is 0.486 e. The van der Waals surface area contributed by atoms with E-state index < -0.39 is 17.7 Å². The van der Waals surface area contributed by atoms with Crippen molar-refractivity contribution in [3.63, 3.8) is 0 Å². The maximum atomic E-state index is 15.0. The molecule has 1 fully saturated rings. The summed E-state index contributed by atoms with van der Waals surface area (Å²) in [6, 6.07) is 12.8. The normalized spacial score (nSPS) is 21.4. The van der Waals surface area contributed by atoms with Gasteiger partial charge < -0.3 is 24.2 Å². The molecular formula is C37H43FN4O5. The van der Waals surface area contributed by atoms with E-state index in [-0.39, 0.29) is 17.5 Å². The Morgan fingerprint density at radius 3 is 2.55 bits per heavy atom. The molecule has 1 saturated heterocycles. The number of benzene rings is 2. The fourth-order valence-electron chi connectivity index (χ4n) is 6.48. The number of nitrogens with zero attached hydrogens (tertiary/aromatic N) is 4. The third-order valence-electron chi connectivity index (χ3n) is 8.94. The molecule has 4 aromatic rings. The predicted molar refractivity (Wildman–Crippen MR) is 180 cm³/mol. The summed E-state index contributed by atoms with van der Waals surface area (Å²) < 4.78 is 35.6. The Kier molecular flexibility index (Phi) is 8.61. The number of halogens is 1. The van der Waals surface area contributed by atoms with Gasteiger partial charge in [-0.05, 0) is 96.7 Å². The third-order valence-corrected chi connectivity index (χ3v) is 8.94. The number of rotatable bonds is 3. The van der Waals surface area contributed by atoms with E-state index in [9.17, 15) is 14.3 Å². The van der Waals surface area contributed by atoms with Gasteiger partial charge in [-0.25, -0.2) is 14.2 Å². The van der Waals surface area contributed by atoms with E-state index in [0.29, 0.717) is 65.0 Å². The number of fused-ring (bicyclic) bond motifs is 6. The molecule has 2 aromatic heterocycles. The lowest BCUT2D eigenvalue weighted by atomic mass is 9.92. The number of ether oxygens (including phenoxy) is 3. The van der Waals surface area contributed by atoms with Crippen LogP contribution in [0.2, 0.25) is 0 Å². The molecule has 0 amide bonds. The number of hydrogen-bond donors (Lipinski definition) is 1. The summed E-state index contributed by atoms with van der Waals surface area (Å²) in [7, 11) is 0. The average molecular weight is 643 g/mol. The molecule has 0 spiro atoms. The van der Waals surface area contributed by atoms with Crippen molar-refractivity contribution in [1.29, 1.82) is 0 Å². The zero-order chi connectivity index (χ0) is 33.7. The summed E-state index contributed by atoms with van der Waals surface area (Å²) in [5.74, 6) is -0.184. The van der Waals surface area contributed by atoms with E-state index in [1.54, 1.807) is 17.5 Å². The first kappa shape index (κ1) is 32.7. The number of carboxylic acids is 1. The Bertz CT molecular complexity index is 1850. The number of piperidine rings is 1. The van der Waals surface area contributed by atoms with Crippen LogP contribution in [0.15, 0.2) is 54.6 Å². The van der Waals surface area contributed by atoms with E-state index in [0.717, 1.165) is 24.0 Å². The first-order valence-electron chi connectivity index (χ1n) is 16.2. The van der Waals surface area contributed by atoms with Crippen LogP contribution in [0.1, 0.15) is 70.4 Å². The molecule has 10 heteroatoms. The molecule has 1 N–H and O–H groups in total. The van der Waals surface area contributed by atoms with Gasteiger partial charge in [0.05, 0.1) is 29.1 Å². The van der Waals surface area contributed by atoms with Crippen molar-refractivity contribution in [1.82, 2.24) is 14.6 Å². The van der Waals surface area contributed by atoms with Crippen molar-refractivity contribution >= 4 is 17.4 Å². The fraction of sp³-hybridized carbons (Fsp3) is 0.432. The summed E-state index contributed by atoms with van der Waals surface area (Å²) in [6.45, 7) is 14.8.